The third kappa shape index (κ3) is 6.07. The first kappa shape index (κ1) is 19.3. The van der Waals surface area contributed by atoms with Gasteiger partial charge in [-0.15, -0.1) is 18.2 Å². The molecule has 13 heteroatoms. The molecular weight excluding hydrogens is 384 g/mol. The van der Waals surface area contributed by atoms with Crippen LogP contribution in [0.1, 0.15) is 0 Å². The standard InChI is InChI=1S/C12H18N8O2S3/c1-2-3-15-9-10(19-25(21,22)18-9)16-4-6-23-8-20-5-7-24-12(20)17-11(13)14/h1,5,7,12H,3-4,6,8H2,(H,15,18)(H,16,19)(H4,13,14,17). The Balaban J connectivity index is 1.81. The van der Waals surface area contributed by atoms with Crippen LogP contribution < -0.4 is 20.9 Å². The minimum atomic E-state index is -3.65. The van der Waals surface area contributed by atoms with Crippen LogP contribution in [0.4, 0.5) is 0 Å². The molecule has 2 heterocycles. The third-order valence-corrected chi connectivity index (χ3v) is 5.53. The molecule has 0 spiro atoms. The summed E-state index contributed by atoms with van der Waals surface area (Å²) in [6, 6.07) is 0. The predicted molar refractivity (Wildman–Crippen MR) is 104 cm³/mol. The fourth-order valence-electron chi connectivity index (χ4n) is 1.78. The number of nitrogens with one attached hydrogen (secondary N) is 2. The van der Waals surface area contributed by atoms with Crippen LogP contribution >= 0.6 is 23.5 Å². The number of nitrogens with two attached hydrogens (primary N) is 2. The summed E-state index contributed by atoms with van der Waals surface area (Å²) in [6.07, 6.45) is 7.04. The van der Waals surface area contributed by atoms with Gasteiger partial charge >= 0.3 is 10.2 Å². The summed E-state index contributed by atoms with van der Waals surface area (Å²) in [6.45, 7) is 0.482. The average molecular weight is 403 g/mol. The molecule has 0 aromatic heterocycles. The fraction of sp³-hybridized carbons (Fsp3) is 0.417. The number of amidine groups is 2. The van der Waals surface area contributed by atoms with E-state index < -0.39 is 10.2 Å². The van der Waals surface area contributed by atoms with Gasteiger partial charge in [0.05, 0.1) is 12.4 Å². The van der Waals surface area contributed by atoms with E-state index in [-0.39, 0.29) is 29.7 Å². The van der Waals surface area contributed by atoms with E-state index in [0.29, 0.717) is 18.2 Å². The van der Waals surface area contributed by atoms with Crippen LogP contribution in [-0.2, 0) is 10.2 Å². The Bertz CT molecular complexity index is 749. The summed E-state index contributed by atoms with van der Waals surface area (Å²) in [7, 11) is -3.65. The van der Waals surface area contributed by atoms with Crippen molar-refractivity contribution in [3.63, 3.8) is 0 Å². The SMILES string of the molecule is C#CCN=C1NS(=O)(=O)NC1=NCCSCN1C=CSC1N=C(N)N. The van der Waals surface area contributed by atoms with Crippen LogP contribution in [-0.4, -0.2) is 61.2 Å². The van der Waals surface area contributed by atoms with Crippen LogP contribution in [0.2, 0.25) is 0 Å². The molecule has 1 atom stereocenters. The van der Waals surface area contributed by atoms with Gasteiger partial charge < -0.3 is 16.4 Å². The summed E-state index contributed by atoms with van der Waals surface area (Å²) in [5, 5.41) is 1.92. The van der Waals surface area contributed by atoms with Crippen LogP contribution in [0.25, 0.3) is 0 Å². The minimum absolute atomic E-state index is 0.0439. The molecule has 2 aliphatic heterocycles. The van der Waals surface area contributed by atoms with E-state index in [1.807, 2.05) is 16.5 Å². The first-order chi connectivity index (χ1) is 11.9. The topological polar surface area (TPSA) is 151 Å². The van der Waals surface area contributed by atoms with Crippen molar-refractivity contribution in [3.8, 4) is 12.3 Å². The van der Waals surface area contributed by atoms with Crippen LogP contribution in [0.15, 0.2) is 26.6 Å². The molecule has 6 N–H and O–H groups in total. The van der Waals surface area contributed by atoms with Crippen molar-refractivity contribution in [2.45, 2.75) is 5.50 Å². The second-order valence-corrected chi connectivity index (χ2v) is 8.12. The number of hydrogen-bond donors (Lipinski definition) is 4. The van der Waals surface area contributed by atoms with Crippen molar-refractivity contribution in [3.05, 3.63) is 11.6 Å². The molecular formula is C12H18N8O2S3. The van der Waals surface area contributed by atoms with Crippen molar-refractivity contribution in [2.75, 3.05) is 24.7 Å². The highest BCUT2D eigenvalue weighted by molar-refractivity contribution is 8.03. The summed E-state index contributed by atoms with van der Waals surface area (Å²) < 4.78 is 27.5. The molecule has 1 unspecified atom stereocenters. The normalized spacial score (nSPS) is 24.1. The zero-order valence-electron chi connectivity index (χ0n) is 13.1. The molecule has 2 aliphatic rings. The largest absolute Gasteiger partial charge is 0.370 e. The number of aliphatic imine (C=N–C) groups is 3. The molecule has 25 heavy (non-hydrogen) atoms. The van der Waals surface area contributed by atoms with E-state index in [1.54, 1.807) is 11.8 Å². The number of guanidine groups is 1. The molecule has 1 fully saturated rings. The Labute approximate surface area is 154 Å². The molecule has 0 aliphatic carbocycles. The van der Waals surface area contributed by atoms with Crippen molar-refractivity contribution < 1.29 is 8.42 Å². The van der Waals surface area contributed by atoms with Gasteiger partial charge in [0.1, 0.15) is 6.54 Å². The van der Waals surface area contributed by atoms with Crippen molar-refractivity contribution in [1.29, 1.82) is 0 Å². The molecule has 0 radical (unpaired) electrons. The van der Waals surface area contributed by atoms with Gasteiger partial charge in [0.25, 0.3) is 0 Å². The Morgan fingerprint density at radius 2 is 2.12 bits per heavy atom. The lowest BCUT2D eigenvalue weighted by atomic mass is 10.5. The van der Waals surface area contributed by atoms with Gasteiger partial charge in [0.15, 0.2) is 23.1 Å². The van der Waals surface area contributed by atoms with E-state index >= 15 is 0 Å². The summed E-state index contributed by atoms with van der Waals surface area (Å²) in [5.74, 6) is 4.02. The van der Waals surface area contributed by atoms with Crippen LogP contribution in [0.3, 0.4) is 0 Å². The maximum Gasteiger partial charge on any atom is 0.324 e. The highest BCUT2D eigenvalue weighted by Gasteiger charge is 2.27. The Hall–Kier alpha value is -2.04. The lowest BCUT2D eigenvalue weighted by molar-refractivity contribution is 0.431. The Kier molecular flexibility index (Phi) is 6.85. The number of rotatable bonds is 7. The molecule has 0 amide bonds. The highest BCUT2D eigenvalue weighted by Crippen LogP contribution is 2.27. The van der Waals surface area contributed by atoms with Crippen LogP contribution in [0.5, 0.6) is 0 Å². The molecule has 0 bridgehead atoms. The summed E-state index contributed by atoms with van der Waals surface area (Å²) >= 11 is 3.13. The number of thioether (sulfide) groups is 2. The van der Waals surface area contributed by atoms with Gasteiger partial charge in [-0.3, -0.25) is 9.98 Å². The summed E-state index contributed by atoms with van der Waals surface area (Å²) in [4.78, 5) is 14.3. The van der Waals surface area contributed by atoms with Gasteiger partial charge in [-0.25, -0.2) is 14.4 Å². The van der Waals surface area contributed by atoms with E-state index in [4.69, 9.17) is 17.9 Å². The molecule has 0 aromatic rings. The second kappa shape index (κ2) is 8.88. The monoisotopic (exact) mass is 402 g/mol. The fourth-order valence-corrected chi connectivity index (χ4v) is 4.40. The number of terminal acetylenes is 1. The summed E-state index contributed by atoms with van der Waals surface area (Å²) in [5.41, 5.74) is 10.6. The molecule has 1 saturated heterocycles. The lowest BCUT2D eigenvalue weighted by Gasteiger charge is -2.20. The van der Waals surface area contributed by atoms with Gasteiger partial charge in [0, 0.05) is 12.0 Å². The van der Waals surface area contributed by atoms with Crippen molar-refractivity contribution >= 4 is 51.4 Å². The Morgan fingerprint density at radius 1 is 1.40 bits per heavy atom. The van der Waals surface area contributed by atoms with E-state index in [1.165, 1.54) is 11.8 Å². The van der Waals surface area contributed by atoms with E-state index in [9.17, 15) is 8.42 Å². The van der Waals surface area contributed by atoms with Gasteiger partial charge in [-0.1, -0.05) is 17.7 Å². The van der Waals surface area contributed by atoms with Gasteiger partial charge in [0.2, 0.25) is 0 Å². The second-order valence-electron chi connectivity index (χ2n) is 4.66. The first-order valence-electron chi connectivity index (χ1n) is 6.99. The number of nitrogens with zero attached hydrogens (tertiary/aromatic N) is 4. The van der Waals surface area contributed by atoms with E-state index in [2.05, 4.69) is 30.3 Å². The van der Waals surface area contributed by atoms with Gasteiger partial charge in [-0.05, 0) is 5.41 Å². The maximum atomic E-state index is 11.5. The average Bonchev–Trinajstić information content (AvgIpc) is 3.08. The molecule has 2 rings (SSSR count). The molecule has 0 aromatic carbocycles. The molecule has 10 nitrogen and oxygen atoms in total. The van der Waals surface area contributed by atoms with E-state index in [0.717, 1.165) is 0 Å². The molecule has 136 valence electrons. The van der Waals surface area contributed by atoms with Crippen molar-refractivity contribution in [1.82, 2.24) is 14.3 Å². The minimum Gasteiger partial charge on any atom is -0.370 e. The smallest absolute Gasteiger partial charge is 0.324 e. The maximum absolute atomic E-state index is 11.5. The molecule has 0 saturated carbocycles. The quantitative estimate of drug-likeness (QED) is 0.177. The highest BCUT2D eigenvalue weighted by atomic mass is 32.2. The van der Waals surface area contributed by atoms with Gasteiger partial charge in [-0.2, -0.15) is 8.42 Å². The van der Waals surface area contributed by atoms with Crippen LogP contribution in [0, 0.1) is 12.3 Å². The third-order valence-electron chi connectivity index (χ3n) is 2.76. The van der Waals surface area contributed by atoms with Crippen molar-refractivity contribution in [2.24, 2.45) is 26.4 Å². The first-order valence-corrected chi connectivity index (χ1v) is 10.6. The predicted octanol–water partition coefficient (Wildman–Crippen LogP) is -1.38. The number of hydrogen-bond acceptors (Lipinski definition) is 8. The zero-order valence-corrected chi connectivity index (χ0v) is 15.6. The Morgan fingerprint density at radius 3 is 2.80 bits per heavy atom. The zero-order chi connectivity index (χ0) is 18.3. The lowest BCUT2D eigenvalue weighted by Crippen LogP contribution is -2.30.